The predicted octanol–water partition coefficient (Wildman–Crippen LogP) is 0.0304. The molecule has 1 aromatic rings. The molecule has 6 nitrogen and oxygen atoms in total. The normalized spacial score (nSPS) is 18.4. The second kappa shape index (κ2) is 5.48. The highest BCUT2D eigenvalue weighted by molar-refractivity contribution is 7.89. The molecule has 2 rings (SSSR count). The Morgan fingerprint density at radius 1 is 1.32 bits per heavy atom. The zero-order valence-electron chi connectivity index (χ0n) is 10.5. The van der Waals surface area contributed by atoms with Gasteiger partial charge in [-0.2, -0.15) is 4.31 Å². The van der Waals surface area contributed by atoms with E-state index in [-0.39, 0.29) is 18.0 Å². The second-order valence-corrected chi connectivity index (χ2v) is 7.79. The van der Waals surface area contributed by atoms with Crippen molar-refractivity contribution in [1.82, 2.24) is 4.31 Å². The van der Waals surface area contributed by atoms with Gasteiger partial charge in [0.25, 0.3) is 0 Å². The fraction of sp³-hybridized carbons (Fsp3) is 0.455. The Kier molecular flexibility index (Phi) is 4.12. The summed E-state index contributed by atoms with van der Waals surface area (Å²) in [5, 5.41) is 0. The highest BCUT2D eigenvalue weighted by atomic mass is 32.2. The molecule has 0 saturated carbocycles. The van der Waals surface area contributed by atoms with Crippen LogP contribution in [0.2, 0.25) is 0 Å². The predicted molar refractivity (Wildman–Crippen MR) is 74.0 cm³/mol. The topological polar surface area (TPSA) is 89.7 Å². The smallest absolute Gasteiger partial charge is 0.243 e. The summed E-state index contributed by atoms with van der Waals surface area (Å²) in [5.41, 5.74) is 6.06. The zero-order chi connectivity index (χ0) is 14.0. The van der Waals surface area contributed by atoms with Crippen LogP contribution in [0, 0.1) is 0 Å². The van der Waals surface area contributed by atoms with Crippen molar-refractivity contribution in [3.63, 3.8) is 0 Å². The van der Waals surface area contributed by atoms with Crippen LogP contribution in [0.3, 0.4) is 0 Å². The van der Waals surface area contributed by atoms with Gasteiger partial charge in [-0.25, -0.2) is 8.42 Å². The fourth-order valence-electron chi connectivity index (χ4n) is 1.86. The molecule has 0 spiro atoms. The van der Waals surface area contributed by atoms with Crippen LogP contribution in [0.5, 0.6) is 5.75 Å². The summed E-state index contributed by atoms with van der Waals surface area (Å²) in [6.07, 6.45) is 0. The third-order valence-electron chi connectivity index (χ3n) is 2.98. The van der Waals surface area contributed by atoms with Crippen LogP contribution in [0.1, 0.15) is 0 Å². The third kappa shape index (κ3) is 2.90. The number of hydrogen-bond donors (Lipinski definition) is 1. The van der Waals surface area contributed by atoms with E-state index in [9.17, 15) is 12.6 Å². The summed E-state index contributed by atoms with van der Waals surface area (Å²) in [4.78, 5) is 0.145. The molecule has 2 N–H and O–H groups in total. The number of sulfonamides is 1. The van der Waals surface area contributed by atoms with E-state index in [0.29, 0.717) is 22.9 Å². The standard InChI is InChI=1S/C11H16N2O4S2/c1-17-11-8-9(2-3-10(11)12)19(15,16)13-4-6-18(14)7-5-13/h2-3,8H,4-7,12H2,1H3. The maximum Gasteiger partial charge on any atom is 0.243 e. The van der Waals surface area contributed by atoms with Gasteiger partial charge in [0, 0.05) is 41.5 Å². The van der Waals surface area contributed by atoms with E-state index in [1.807, 2.05) is 0 Å². The lowest BCUT2D eigenvalue weighted by Gasteiger charge is -2.25. The quantitative estimate of drug-likeness (QED) is 0.796. The minimum atomic E-state index is -3.57. The molecular formula is C11H16N2O4S2. The lowest BCUT2D eigenvalue weighted by molar-refractivity contribution is 0.413. The van der Waals surface area contributed by atoms with Gasteiger partial charge in [0.2, 0.25) is 10.0 Å². The molecular weight excluding hydrogens is 288 g/mol. The van der Waals surface area contributed by atoms with Gasteiger partial charge in [-0.05, 0) is 12.1 Å². The maximum atomic E-state index is 12.4. The molecule has 1 aliphatic rings. The van der Waals surface area contributed by atoms with E-state index in [1.165, 1.54) is 29.6 Å². The van der Waals surface area contributed by atoms with E-state index in [4.69, 9.17) is 10.5 Å². The van der Waals surface area contributed by atoms with Crippen LogP contribution < -0.4 is 10.5 Å². The number of hydrogen-bond acceptors (Lipinski definition) is 5. The average molecular weight is 304 g/mol. The molecule has 8 heteroatoms. The van der Waals surface area contributed by atoms with E-state index in [2.05, 4.69) is 0 Å². The van der Waals surface area contributed by atoms with E-state index >= 15 is 0 Å². The number of ether oxygens (including phenoxy) is 1. The van der Waals surface area contributed by atoms with Gasteiger partial charge in [-0.1, -0.05) is 0 Å². The maximum absolute atomic E-state index is 12.4. The zero-order valence-corrected chi connectivity index (χ0v) is 12.2. The van der Waals surface area contributed by atoms with E-state index < -0.39 is 20.8 Å². The van der Waals surface area contributed by atoms with Crippen LogP contribution >= 0.6 is 0 Å². The summed E-state index contributed by atoms with van der Waals surface area (Å²) < 4.78 is 42.5. The Bertz CT molecular complexity index is 591. The molecule has 0 radical (unpaired) electrons. The van der Waals surface area contributed by atoms with Crippen molar-refractivity contribution in [3.8, 4) is 5.75 Å². The molecule has 0 atom stereocenters. The molecule has 1 fully saturated rings. The second-order valence-electron chi connectivity index (χ2n) is 4.16. The number of methoxy groups -OCH3 is 1. The number of rotatable bonds is 3. The van der Waals surface area contributed by atoms with Gasteiger partial charge in [-0.3, -0.25) is 4.21 Å². The number of nitrogens with zero attached hydrogens (tertiary/aromatic N) is 1. The molecule has 19 heavy (non-hydrogen) atoms. The molecule has 1 saturated heterocycles. The van der Waals surface area contributed by atoms with E-state index in [1.54, 1.807) is 0 Å². The van der Waals surface area contributed by atoms with Crippen molar-refractivity contribution in [3.05, 3.63) is 18.2 Å². The number of nitrogen functional groups attached to an aromatic ring is 1. The molecule has 0 unspecified atom stereocenters. The lowest BCUT2D eigenvalue weighted by atomic mass is 10.3. The Hall–Kier alpha value is -1.12. The molecule has 0 bridgehead atoms. The fourth-order valence-corrected chi connectivity index (χ4v) is 4.60. The molecule has 0 amide bonds. The monoisotopic (exact) mass is 304 g/mol. The average Bonchev–Trinajstić information content (AvgIpc) is 2.39. The highest BCUT2D eigenvalue weighted by Gasteiger charge is 2.28. The third-order valence-corrected chi connectivity index (χ3v) is 6.15. The first kappa shape index (κ1) is 14.3. The van der Waals surface area contributed by atoms with Crippen molar-refractivity contribution in [1.29, 1.82) is 0 Å². The SMILES string of the molecule is COc1cc(S(=O)(=O)N2CCS(=O)CC2)ccc1N. The number of benzene rings is 1. The summed E-state index contributed by atoms with van der Waals surface area (Å²) in [6.45, 7) is 0.559. The van der Waals surface area contributed by atoms with Gasteiger partial charge in [-0.15, -0.1) is 0 Å². The Morgan fingerprint density at radius 2 is 1.95 bits per heavy atom. The van der Waals surface area contributed by atoms with Crippen molar-refractivity contribution in [2.45, 2.75) is 4.90 Å². The molecule has 0 aliphatic carbocycles. The van der Waals surface area contributed by atoms with Gasteiger partial charge in [0.1, 0.15) is 5.75 Å². The number of nitrogens with two attached hydrogens (primary N) is 1. The molecule has 106 valence electrons. The van der Waals surface area contributed by atoms with Crippen molar-refractivity contribution >= 4 is 26.5 Å². The molecule has 1 heterocycles. The summed E-state index contributed by atoms with van der Waals surface area (Å²) in [5.74, 6) is 1.10. The lowest BCUT2D eigenvalue weighted by Crippen LogP contribution is -2.41. The van der Waals surface area contributed by atoms with E-state index in [0.717, 1.165) is 0 Å². The first-order chi connectivity index (χ1) is 8.95. The van der Waals surface area contributed by atoms with Crippen LogP contribution in [-0.2, 0) is 20.8 Å². The minimum absolute atomic E-state index is 0.145. The molecule has 1 aromatic carbocycles. The first-order valence-electron chi connectivity index (χ1n) is 5.74. The summed E-state index contributed by atoms with van der Waals surface area (Å²) in [6, 6.07) is 4.38. The Morgan fingerprint density at radius 3 is 2.53 bits per heavy atom. The molecule has 1 aliphatic heterocycles. The summed E-state index contributed by atoms with van der Waals surface area (Å²) >= 11 is 0. The Balaban J connectivity index is 2.31. The summed E-state index contributed by atoms with van der Waals surface area (Å²) in [7, 11) is -3.05. The van der Waals surface area contributed by atoms with Crippen molar-refractivity contribution in [2.24, 2.45) is 0 Å². The van der Waals surface area contributed by atoms with Gasteiger partial charge < -0.3 is 10.5 Å². The largest absolute Gasteiger partial charge is 0.495 e. The van der Waals surface area contributed by atoms with Crippen LogP contribution in [0.25, 0.3) is 0 Å². The highest BCUT2D eigenvalue weighted by Crippen LogP contribution is 2.27. The minimum Gasteiger partial charge on any atom is -0.495 e. The van der Waals surface area contributed by atoms with Crippen molar-refractivity contribution in [2.75, 3.05) is 37.4 Å². The molecule has 0 aromatic heterocycles. The van der Waals surface area contributed by atoms with Crippen LogP contribution in [0.4, 0.5) is 5.69 Å². The van der Waals surface area contributed by atoms with Crippen LogP contribution in [0.15, 0.2) is 23.1 Å². The van der Waals surface area contributed by atoms with Crippen LogP contribution in [-0.4, -0.2) is 48.6 Å². The Labute approximate surface area is 115 Å². The van der Waals surface area contributed by atoms with Gasteiger partial charge >= 0.3 is 0 Å². The first-order valence-corrected chi connectivity index (χ1v) is 8.66. The number of anilines is 1. The van der Waals surface area contributed by atoms with Gasteiger partial charge in [0.15, 0.2) is 0 Å². The van der Waals surface area contributed by atoms with Crippen molar-refractivity contribution < 1.29 is 17.4 Å². The van der Waals surface area contributed by atoms with Gasteiger partial charge in [0.05, 0.1) is 17.7 Å².